The molecule has 1 N–H and O–H groups in total. The zero-order valence-electron chi connectivity index (χ0n) is 55.1. The minimum Gasteiger partial charge on any atom is -0.462 e. The van der Waals surface area contributed by atoms with Crippen molar-refractivity contribution >= 4 is 11.9 Å². The third-order valence-electron chi connectivity index (χ3n) is 15.4. The van der Waals surface area contributed by atoms with Crippen LogP contribution in [0, 0.1) is 0 Å². The molecule has 0 spiro atoms. The first-order valence-electron chi connectivity index (χ1n) is 35.7. The van der Waals surface area contributed by atoms with Gasteiger partial charge in [-0.3, -0.25) is 9.59 Å². The molecular weight excluding hydrogens is 1030 g/mol. The second-order valence-electron chi connectivity index (χ2n) is 23.6. The van der Waals surface area contributed by atoms with E-state index in [9.17, 15) is 14.7 Å². The Balaban J connectivity index is 3.49. The van der Waals surface area contributed by atoms with E-state index in [1.807, 2.05) is 0 Å². The number of hydrogen-bond acceptors (Lipinski definition) is 5. The number of rotatable bonds is 65. The van der Waals surface area contributed by atoms with E-state index in [4.69, 9.17) is 9.47 Å². The number of unbranched alkanes of at least 4 members (excludes halogenated alkanes) is 35. The van der Waals surface area contributed by atoms with Crippen molar-refractivity contribution in [1.29, 1.82) is 0 Å². The van der Waals surface area contributed by atoms with Crippen LogP contribution in [0.1, 0.15) is 335 Å². The van der Waals surface area contributed by atoms with Gasteiger partial charge in [-0.05, 0) is 116 Å². The van der Waals surface area contributed by atoms with Gasteiger partial charge in [0.25, 0.3) is 0 Å². The molecule has 0 bridgehead atoms. The molecule has 0 aromatic carbocycles. The van der Waals surface area contributed by atoms with Crippen molar-refractivity contribution in [2.75, 3.05) is 13.2 Å². The smallest absolute Gasteiger partial charge is 0.306 e. The maximum absolute atomic E-state index is 12.4. The van der Waals surface area contributed by atoms with Crippen molar-refractivity contribution in [3.8, 4) is 0 Å². The SMILES string of the molecule is CC/C=C\C/C=C\C/C=C\C/C=C\C/C=C\C/C=C\C/C=C\C/C=C\CCCCCCCCCCCCCCCCC(=O)OC(CO)COC(=O)CCCCCCCCCCCCCCCCCC/C=C\C/C=C\C/C=C\CCCCCCC. The number of aliphatic hydroxyl groups is 1. The molecule has 0 fully saturated rings. The number of aliphatic hydroxyl groups excluding tert-OH is 1. The van der Waals surface area contributed by atoms with Gasteiger partial charge in [0.1, 0.15) is 6.61 Å². The highest BCUT2D eigenvalue weighted by Gasteiger charge is 2.16. The molecule has 480 valence electrons. The quantitative estimate of drug-likeness (QED) is 0.0373. The number of hydrogen-bond donors (Lipinski definition) is 1. The molecule has 0 radical (unpaired) electrons. The Bertz CT molecular complexity index is 1700. The van der Waals surface area contributed by atoms with Crippen LogP contribution in [-0.2, 0) is 19.1 Å². The van der Waals surface area contributed by atoms with Gasteiger partial charge in [-0.15, -0.1) is 0 Å². The van der Waals surface area contributed by atoms with Gasteiger partial charge in [-0.25, -0.2) is 0 Å². The molecule has 84 heavy (non-hydrogen) atoms. The Hall–Kier alpha value is -3.96. The molecule has 0 saturated heterocycles. The highest BCUT2D eigenvalue weighted by Crippen LogP contribution is 2.17. The zero-order valence-corrected chi connectivity index (χ0v) is 55.1. The third-order valence-corrected chi connectivity index (χ3v) is 15.4. The number of carbonyl (C=O) groups is 2. The van der Waals surface area contributed by atoms with Crippen molar-refractivity contribution in [2.45, 2.75) is 341 Å². The number of ether oxygens (including phenoxy) is 2. The van der Waals surface area contributed by atoms with Crippen LogP contribution in [0.25, 0.3) is 0 Å². The average Bonchev–Trinajstić information content (AvgIpc) is 3.51. The van der Waals surface area contributed by atoms with Crippen molar-refractivity contribution in [1.82, 2.24) is 0 Å². The fourth-order valence-corrected chi connectivity index (χ4v) is 10.1. The highest BCUT2D eigenvalue weighted by atomic mass is 16.6. The summed E-state index contributed by atoms with van der Waals surface area (Å²) >= 11 is 0. The summed E-state index contributed by atoms with van der Waals surface area (Å²) in [4.78, 5) is 24.7. The van der Waals surface area contributed by atoms with Crippen LogP contribution in [0.2, 0.25) is 0 Å². The lowest BCUT2D eigenvalue weighted by Gasteiger charge is -2.15. The molecule has 0 saturated carbocycles. The molecule has 0 aliphatic heterocycles. The van der Waals surface area contributed by atoms with Crippen LogP contribution in [0.3, 0.4) is 0 Å². The monoisotopic (exact) mass is 1160 g/mol. The number of allylic oxidation sites excluding steroid dienone is 22. The Kier molecular flexibility index (Phi) is 69.8. The van der Waals surface area contributed by atoms with E-state index in [2.05, 4.69) is 148 Å². The normalized spacial score (nSPS) is 13.0. The maximum atomic E-state index is 12.4. The standard InChI is InChI=1S/C79H134O5/c1-3-5-7-9-11-13-15-17-19-21-23-25-27-29-31-33-35-36-37-38-39-40-41-42-44-46-48-50-52-54-56-58-60-62-64-66-68-70-72-74-79(82)84-77(75-80)76-83-78(81)73-71-69-67-65-63-61-59-57-55-53-51-49-47-45-43-34-32-30-28-26-24-22-20-18-16-14-12-10-8-6-4-2/h5,7,11,13,16-19,22-25,28-31,35-36,38-39,41-42,77,80H,3-4,6,8-10,12,14-15,20-21,26-27,32-34,37,40,43-76H2,1-2H3/b7-5-,13-11-,18-16-,19-17-,24-22-,25-23-,30-28-,31-29-,36-35-,39-38-,42-41-. The van der Waals surface area contributed by atoms with Gasteiger partial charge in [0.15, 0.2) is 6.10 Å². The summed E-state index contributed by atoms with van der Waals surface area (Å²) in [7, 11) is 0. The van der Waals surface area contributed by atoms with E-state index in [1.165, 1.54) is 205 Å². The van der Waals surface area contributed by atoms with Crippen molar-refractivity contribution in [3.63, 3.8) is 0 Å². The van der Waals surface area contributed by atoms with Crippen molar-refractivity contribution < 1.29 is 24.2 Å². The molecular formula is C79H134O5. The topological polar surface area (TPSA) is 72.8 Å². The molecule has 0 aliphatic rings. The predicted molar refractivity (Wildman–Crippen MR) is 371 cm³/mol. The van der Waals surface area contributed by atoms with Crippen LogP contribution in [0.15, 0.2) is 134 Å². The highest BCUT2D eigenvalue weighted by molar-refractivity contribution is 5.70. The summed E-state index contributed by atoms with van der Waals surface area (Å²) in [5, 5.41) is 9.71. The zero-order chi connectivity index (χ0) is 60.5. The molecule has 0 amide bonds. The van der Waals surface area contributed by atoms with Crippen LogP contribution in [0.4, 0.5) is 0 Å². The lowest BCUT2D eigenvalue weighted by molar-refractivity contribution is -0.161. The van der Waals surface area contributed by atoms with Gasteiger partial charge in [0.2, 0.25) is 0 Å². The Labute approximate surface area is 521 Å². The minimum absolute atomic E-state index is 0.0689. The van der Waals surface area contributed by atoms with E-state index >= 15 is 0 Å². The second kappa shape index (κ2) is 73.3. The van der Waals surface area contributed by atoms with Gasteiger partial charge in [-0.1, -0.05) is 340 Å². The summed E-state index contributed by atoms with van der Waals surface area (Å²) in [6, 6.07) is 0. The van der Waals surface area contributed by atoms with Crippen LogP contribution in [0.5, 0.6) is 0 Å². The first-order chi connectivity index (χ1) is 41.6. The van der Waals surface area contributed by atoms with Gasteiger partial charge in [0, 0.05) is 12.8 Å². The molecule has 5 heteroatoms. The Morgan fingerprint density at radius 1 is 0.286 bits per heavy atom. The summed E-state index contributed by atoms with van der Waals surface area (Å²) in [5.74, 6) is -0.585. The molecule has 0 aromatic rings. The minimum atomic E-state index is -0.780. The van der Waals surface area contributed by atoms with E-state index in [1.54, 1.807) is 0 Å². The fourth-order valence-electron chi connectivity index (χ4n) is 10.1. The van der Waals surface area contributed by atoms with Crippen LogP contribution in [-0.4, -0.2) is 36.4 Å². The van der Waals surface area contributed by atoms with Crippen LogP contribution >= 0.6 is 0 Å². The first kappa shape index (κ1) is 80.0. The predicted octanol–water partition coefficient (Wildman–Crippen LogP) is 25.1. The lowest BCUT2D eigenvalue weighted by atomic mass is 10.0. The lowest BCUT2D eigenvalue weighted by Crippen LogP contribution is -2.28. The molecule has 0 aromatic heterocycles. The number of esters is 2. The summed E-state index contributed by atoms with van der Waals surface area (Å²) in [6.45, 7) is 4.04. The fraction of sp³-hybridized carbons (Fsp3) is 0.696. The Morgan fingerprint density at radius 3 is 0.774 bits per heavy atom. The number of carbonyl (C=O) groups excluding carboxylic acids is 2. The summed E-state index contributed by atoms with van der Waals surface area (Å²) in [6.07, 6.45) is 109. The third kappa shape index (κ3) is 70.5. The van der Waals surface area contributed by atoms with E-state index < -0.39 is 6.10 Å². The largest absolute Gasteiger partial charge is 0.462 e. The van der Waals surface area contributed by atoms with E-state index in [0.29, 0.717) is 12.8 Å². The first-order valence-corrected chi connectivity index (χ1v) is 35.7. The maximum Gasteiger partial charge on any atom is 0.306 e. The second-order valence-corrected chi connectivity index (χ2v) is 23.6. The molecule has 0 heterocycles. The van der Waals surface area contributed by atoms with Gasteiger partial charge < -0.3 is 14.6 Å². The summed E-state index contributed by atoms with van der Waals surface area (Å²) in [5.41, 5.74) is 0. The van der Waals surface area contributed by atoms with Gasteiger partial charge in [0.05, 0.1) is 6.61 Å². The summed E-state index contributed by atoms with van der Waals surface area (Å²) < 4.78 is 10.8. The Morgan fingerprint density at radius 2 is 0.512 bits per heavy atom. The molecule has 0 rings (SSSR count). The average molecular weight is 1160 g/mol. The van der Waals surface area contributed by atoms with Crippen molar-refractivity contribution in [3.05, 3.63) is 134 Å². The molecule has 1 atom stereocenters. The van der Waals surface area contributed by atoms with Gasteiger partial charge >= 0.3 is 11.9 Å². The molecule has 5 nitrogen and oxygen atoms in total. The van der Waals surface area contributed by atoms with Crippen LogP contribution < -0.4 is 0 Å². The van der Waals surface area contributed by atoms with Crippen molar-refractivity contribution in [2.24, 2.45) is 0 Å². The van der Waals surface area contributed by atoms with E-state index in [-0.39, 0.29) is 25.2 Å². The molecule has 1 unspecified atom stereocenters. The van der Waals surface area contributed by atoms with E-state index in [0.717, 1.165) is 103 Å². The molecule has 0 aliphatic carbocycles. The van der Waals surface area contributed by atoms with Gasteiger partial charge in [-0.2, -0.15) is 0 Å².